The summed E-state index contributed by atoms with van der Waals surface area (Å²) in [6, 6.07) is 6.72. The first-order valence-corrected chi connectivity index (χ1v) is 10.9. The van der Waals surface area contributed by atoms with Crippen molar-refractivity contribution in [3.8, 4) is 5.75 Å². The molecule has 0 atom stereocenters. The predicted molar refractivity (Wildman–Crippen MR) is 110 cm³/mol. The summed E-state index contributed by atoms with van der Waals surface area (Å²) >= 11 is 0. The van der Waals surface area contributed by atoms with Gasteiger partial charge in [-0.05, 0) is 62.4 Å². The molecular weight excluding hydrogens is 388 g/mol. The largest absolute Gasteiger partial charge is 0.494 e. The first-order valence-electron chi connectivity index (χ1n) is 9.48. The van der Waals surface area contributed by atoms with Gasteiger partial charge < -0.3 is 15.2 Å². The van der Waals surface area contributed by atoms with Crippen LogP contribution in [0.4, 0.5) is 0 Å². The van der Waals surface area contributed by atoms with Gasteiger partial charge in [0.1, 0.15) is 5.75 Å². The second-order valence-electron chi connectivity index (χ2n) is 7.12. The number of nitrogens with zero attached hydrogens (tertiary/aromatic N) is 1. The molecule has 2 rings (SSSR count). The lowest BCUT2D eigenvalue weighted by Crippen LogP contribution is -2.40. The average Bonchev–Trinajstić information content (AvgIpc) is 2.62. The molecule has 1 fully saturated rings. The van der Waals surface area contributed by atoms with Crippen LogP contribution in [0.5, 0.6) is 5.75 Å². The molecule has 0 amide bonds. The third kappa shape index (κ3) is 7.58. The number of halogens is 1. The first kappa shape index (κ1) is 24.2. The molecule has 6 nitrogen and oxygen atoms in total. The van der Waals surface area contributed by atoms with Gasteiger partial charge in [0.15, 0.2) is 0 Å². The van der Waals surface area contributed by atoms with Crippen LogP contribution in [0.15, 0.2) is 29.2 Å². The smallest absolute Gasteiger partial charge is 0.243 e. The van der Waals surface area contributed by atoms with E-state index in [0.29, 0.717) is 49.4 Å². The summed E-state index contributed by atoms with van der Waals surface area (Å²) in [5.74, 6) is 1.29. The molecule has 0 saturated carbocycles. The normalized spacial score (nSPS) is 16.3. The van der Waals surface area contributed by atoms with E-state index in [-0.39, 0.29) is 18.5 Å². The Morgan fingerprint density at radius 1 is 1.15 bits per heavy atom. The van der Waals surface area contributed by atoms with Gasteiger partial charge in [0.25, 0.3) is 0 Å². The highest BCUT2D eigenvalue weighted by Gasteiger charge is 2.29. The quantitative estimate of drug-likeness (QED) is 0.588. The molecule has 1 saturated heterocycles. The van der Waals surface area contributed by atoms with Crippen LogP contribution in [0.25, 0.3) is 0 Å². The van der Waals surface area contributed by atoms with Gasteiger partial charge in [-0.15, -0.1) is 12.4 Å². The summed E-state index contributed by atoms with van der Waals surface area (Å²) in [5.41, 5.74) is 5.46. The molecule has 156 valence electrons. The van der Waals surface area contributed by atoms with Crippen LogP contribution in [-0.4, -0.2) is 51.7 Å². The van der Waals surface area contributed by atoms with Crippen LogP contribution < -0.4 is 10.5 Å². The van der Waals surface area contributed by atoms with Crippen molar-refractivity contribution in [2.75, 3.05) is 32.8 Å². The highest BCUT2D eigenvalue weighted by Crippen LogP contribution is 2.24. The molecule has 0 unspecified atom stereocenters. The minimum Gasteiger partial charge on any atom is -0.494 e. The number of sulfonamides is 1. The van der Waals surface area contributed by atoms with E-state index in [1.807, 2.05) is 0 Å². The van der Waals surface area contributed by atoms with Crippen LogP contribution >= 0.6 is 12.4 Å². The molecule has 1 aromatic carbocycles. The van der Waals surface area contributed by atoms with Gasteiger partial charge in [-0.2, -0.15) is 4.31 Å². The zero-order valence-electron chi connectivity index (χ0n) is 16.3. The Bertz CT molecular complexity index is 630. The van der Waals surface area contributed by atoms with Crippen molar-refractivity contribution in [1.29, 1.82) is 0 Å². The van der Waals surface area contributed by atoms with Crippen molar-refractivity contribution in [3.63, 3.8) is 0 Å². The van der Waals surface area contributed by atoms with Crippen molar-refractivity contribution < 1.29 is 17.9 Å². The Balaban J connectivity index is 0.00000364. The van der Waals surface area contributed by atoms with Gasteiger partial charge in [0.2, 0.25) is 10.0 Å². The van der Waals surface area contributed by atoms with Crippen molar-refractivity contribution in [2.24, 2.45) is 11.7 Å². The maximum atomic E-state index is 12.8. The molecule has 0 aliphatic carbocycles. The van der Waals surface area contributed by atoms with Crippen LogP contribution in [0.2, 0.25) is 0 Å². The highest BCUT2D eigenvalue weighted by molar-refractivity contribution is 7.89. The summed E-state index contributed by atoms with van der Waals surface area (Å²) in [7, 11) is -3.46. The van der Waals surface area contributed by atoms with E-state index in [0.717, 1.165) is 25.7 Å². The topological polar surface area (TPSA) is 81.9 Å². The number of rotatable bonds is 10. The molecule has 1 aliphatic heterocycles. The van der Waals surface area contributed by atoms with Crippen molar-refractivity contribution in [3.05, 3.63) is 24.3 Å². The Kier molecular flexibility index (Phi) is 10.6. The van der Waals surface area contributed by atoms with Crippen molar-refractivity contribution in [1.82, 2.24) is 4.31 Å². The fourth-order valence-corrected chi connectivity index (χ4v) is 4.31. The lowest BCUT2D eigenvalue weighted by Gasteiger charge is -2.31. The number of hydrogen-bond acceptors (Lipinski definition) is 5. The molecule has 27 heavy (non-hydrogen) atoms. The monoisotopic (exact) mass is 420 g/mol. The Morgan fingerprint density at radius 3 is 2.33 bits per heavy atom. The fraction of sp³-hybridized carbons (Fsp3) is 0.684. The van der Waals surface area contributed by atoms with Gasteiger partial charge in [0.05, 0.1) is 17.6 Å². The molecule has 1 aromatic rings. The zero-order valence-corrected chi connectivity index (χ0v) is 17.9. The maximum absolute atomic E-state index is 12.8. The molecule has 0 radical (unpaired) electrons. The molecule has 1 aliphatic rings. The van der Waals surface area contributed by atoms with E-state index in [1.165, 1.54) is 0 Å². The summed E-state index contributed by atoms with van der Waals surface area (Å²) < 4.78 is 38.5. The Labute approximate surface area is 169 Å². The minimum absolute atomic E-state index is 0. The van der Waals surface area contributed by atoms with Gasteiger partial charge in [0, 0.05) is 19.7 Å². The SMILES string of the molecule is CC(C)CCOc1ccc(S(=O)(=O)N2CCC(OCCCN)CC2)cc1.Cl. The van der Waals surface area contributed by atoms with Crippen LogP contribution in [0.1, 0.15) is 39.5 Å². The van der Waals surface area contributed by atoms with Gasteiger partial charge in [-0.1, -0.05) is 13.8 Å². The van der Waals surface area contributed by atoms with E-state index < -0.39 is 10.0 Å². The Morgan fingerprint density at radius 2 is 1.78 bits per heavy atom. The molecule has 0 spiro atoms. The number of ether oxygens (including phenoxy) is 2. The van der Waals surface area contributed by atoms with Crippen LogP contribution in [0.3, 0.4) is 0 Å². The minimum atomic E-state index is -3.46. The van der Waals surface area contributed by atoms with Crippen LogP contribution in [0, 0.1) is 5.92 Å². The molecule has 8 heteroatoms. The molecular formula is C19H33ClN2O4S. The summed E-state index contributed by atoms with van der Waals surface area (Å²) in [4.78, 5) is 0.316. The second kappa shape index (κ2) is 11.9. The van der Waals surface area contributed by atoms with Gasteiger partial charge in [-0.25, -0.2) is 8.42 Å². The molecule has 0 bridgehead atoms. The third-order valence-electron chi connectivity index (χ3n) is 4.53. The molecule has 2 N–H and O–H groups in total. The van der Waals surface area contributed by atoms with Crippen molar-refractivity contribution in [2.45, 2.75) is 50.5 Å². The van der Waals surface area contributed by atoms with Crippen LogP contribution in [-0.2, 0) is 14.8 Å². The summed E-state index contributed by atoms with van der Waals surface area (Å²) in [6.07, 6.45) is 3.39. The third-order valence-corrected chi connectivity index (χ3v) is 6.44. The van der Waals surface area contributed by atoms with E-state index >= 15 is 0 Å². The molecule has 0 aromatic heterocycles. The van der Waals surface area contributed by atoms with E-state index in [4.69, 9.17) is 15.2 Å². The summed E-state index contributed by atoms with van der Waals surface area (Å²) in [6.45, 7) is 7.17. The number of nitrogens with two attached hydrogens (primary N) is 1. The zero-order chi connectivity index (χ0) is 19.0. The number of piperidine rings is 1. The van der Waals surface area contributed by atoms with Gasteiger partial charge in [-0.3, -0.25) is 0 Å². The highest BCUT2D eigenvalue weighted by atomic mass is 35.5. The lowest BCUT2D eigenvalue weighted by atomic mass is 10.1. The number of benzene rings is 1. The standard InChI is InChI=1S/C19H32N2O4S.ClH/c1-16(2)10-15-25-17-4-6-19(7-5-17)26(22,23)21-12-8-18(9-13-21)24-14-3-11-20;/h4-7,16,18H,3,8-15,20H2,1-2H3;1H. The molecule has 1 heterocycles. The average molecular weight is 421 g/mol. The van der Waals surface area contributed by atoms with Crippen molar-refractivity contribution >= 4 is 22.4 Å². The summed E-state index contributed by atoms with van der Waals surface area (Å²) in [5, 5.41) is 0. The predicted octanol–water partition coefficient (Wildman–Crippen LogP) is 3.05. The van der Waals surface area contributed by atoms with Gasteiger partial charge >= 0.3 is 0 Å². The number of hydrogen-bond donors (Lipinski definition) is 1. The fourth-order valence-electron chi connectivity index (χ4n) is 2.84. The van der Waals surface area contributed by atoms with E-state index in [9.17, 15) is 8.42 Å². The Hall–Kier alpha value is -0.860. The van der Waals surface area contributed by atoms with E-state index in [1.54, 1.807) is 28.6 Å². The van der Waals surface area contributed by atoms with E-state index in [2.05, 4.69) is 13.8 Å². The maximum Gasteiger partial charge on any atom is 0.243 e. The lowest BCUT2D eigenvalue weighted by molar-refractivity contribution is 0.0209. The second-order valence-corrected chi connectivity index (χ2v) is 9.06. The first-order chi connectivity index (χ1) is 12.4.